The molecule has 0 bridgehead atoms. The molecule has 0 unspecified atom stereocenters. The van der Waals surface area contributed by atoms with Gasteiger partial charge in [-0.25, -0.2) is 4.98 Å². The first kappa shape index (κ1) is 13.7. The molecule has 1 aromatic heterocycles. The molecule has 0 saturated carbocycles. The van der Waals surface area contributed by atoms with E-state index in [2.05, 4.69) is 14.7 Å². The largest absolute Gasteiger partial charge is 0.481 e. The van der Waals surface area contributed by atoms with E-state index in [1.54, 1.807) is 0 Å². The molecule has 0 atom stereocenters. The van der Waals surface area contributed by atoms with Crippen LogP contribution in [0.1, 0.15) is 31.2 Å². The molecule has 94 valence electrons. The number of hydrogen-bond donors (Lipinski definition) is 0. The van der Waals surface area contributed by atoms with Gasteiger partial charge in [-0.2, -0.15) is 4.98 Å². The number of carbonyl (C=O) groups is 1. The Kier molecular flexibility index (Phi) is 4.69. The molecular formula is C11H15ClN2O3. The first-order valence-corrected chi connectivity index (χ1v) is 5.54. The van der Waals surface area contributed by atoms with Gasteiger partial charge in [0.15, 0.2) is 0 Å². The van der Waals surface area contributed by atoms with Gasteiger partial charge in [-0.1, -0.05) is 25.4 Å². The summed E-state index contributed by atoms with van der Waals surface area (Å²) >= 11 is 6.02. The zero-order valence-electron chi connectivity index (χ0n) is 10.3. The minimum Gasteiger partial charge on any atom is -0.481 e. The first-order valence-electron chi connectivity index (χ1n) is 5.16. The van der Waals surface area contributed by atoms with Crippen LogP contribution in [0.3, 0.4) is 0 Å². The smallest absolute Gasteiger partial charge is 0.310 e. The molecule has 17 heavy (non-hydrogen) atoms. The molecule has 0 aliphatic rings. The zero-order valence-corrected chi connectivity index (χ0v) is 11.0. The van der Waals surface area contributed by atoms with Gasteiger partial charge >= 0.3 is 5.97 Å². The van der Waals surface area contributed by atoms with Crippen LogP contribution >= 0.6 is 11.6 Å². The van der Waals surface area contributed by atoms with Gasteiger partial charge in [0.25, 0.3) is 0 Å². The second kappa shape index (κ2) is 5.82. The van der Waals surface area contributed by atoms with Crippen LogP contribution in [0.25, 0.3) is 0 Å². The summed E-state index contributed by atoms with van der Waals surface area (Å²) in [6.07, 6.45) is -0.00309. The molecule has 0 aliphatic carbocycles. The van der Waals surface area contributed by atoms with Gasteiger partial charge in [-0.05, 0) is 0 Å². The van der Waals surface area contributed by atoms with Crippen LogP contribution in [0.15, 0.2) is 0 Å². The van der Waals surface area contributed by atoms with Crippen LogP contribution in [0, 0.1) is 0 Å². The lowest BCUT2D eigenvalue weighted by Gasteiger charge is -2.11. The van der Waals surface area contributed by atoms with Crippen molar-refractivity contribution in [2.75, 3.05) is 14.2 Å². The summed E-state index contributed by atoms with van der Waals surface area (Å²) in [4.78, 5) is 19.6. The topological polar surface area (TPSA) is 61.3 Å². The number of carbonyl (C=O) groups excluding carboxylic acids is 1. The minimum atomic E-state index is -0.411. The number of ether oxygens (including phenoxy) is 2. The van der Waals surface area contributed by atoms with E-state index in [0.717, 1.165) is 0 Å². The lowest BCUT2D eigenvalue weighted by Crippen LogP contribution is -2.10. The van der Waals surface area contributed by atoms with Crippen LogP contribution < -0.4 is 4.74 Å². The molecule has 0 spiro atoms. The number of halogens is 1. The Morgan fingerprint density at radius 1 is 1.35 bits per heavy atom. The molecule has 0 amide bonds. The number of rotatable bonds is 4. The van der Waals surface area contributed by atoms with Crippen LogP contribution in [0.4, 0.5) is 0 Å². The van der Waals surface area contributed by atoms with E-state index >= 15 is 0 Å². The molecule has 1 rings (SSSR count). The van der Waals surface area contributed by atoms with Gasteiger partial charge in [0.1, 0.15) is 11.0 Å². The predicted octanol–water partition coefficient (Wildman–Crippen LogP) is 1.98. The summed E-state index contributed by atoms with van der Waals surface area (Å²) in [5, 5.41) is 0.228. The van der Waals surface area contributed by atoms with E-state index in [4.69, 9.17) is 16.3 Å². The van der Waals surface area contributed by atoms with Crippen molar-refractivity contribution < 1.29 is 14.3 Å². The Hall–Kier alpha value is -1.36. The van der Waals surface area contributed by atoms with Crippen molar-refractivity contribution >= 4 is 17.6 Å². The average molecular weight is 259 g/mol. The molecule has 0 aromatic carbocycles. The first-order chi connectivity index (χ1) is 7.99. The fourth-order valence-corrected chi connectivity index (χ4v) is 1.48. The van der Waals surface area contributed by atoms with Crippen LogP contribution in [-0.2, 0) is 16.0 Å². The maximum Gasteiger partial charge on any atom is 0.310 e. The highest BCUT2D eigenvalue weighted by molar-refractivity contribution is 6.30. The SMILES string of the molecule is COC(=O)Cc1c(Cl)nc(C(C)C)nc1OC. The predicted molar refractivity (Wildman–Crippen MR) is 63.4 cm³/mol. The monoisotopic (exact) mass is 258 g/mol. The summed E-state index contributed by atoms with van der Waals surface area (Å²) in [6, 6.07) is 0. The lowest BCUT2D eigenvalue weighted by atomic mass is 10.2. The third-order valence-electron chi connectivity index (χ3n) is 2.19. The molecular weight excluding hydrogens is 244 g/mol. The van der Waals surface area contributed by atoms with Crippen LogP contribution in [0.5, 0.6) is 5.88 Å². The average Bonchev–Trinajstić information content (AvgIpc) is 2.30. The van der Waals surface area contributed by atoms with E-state index in [1.807, 2.05) is 13.8 Å². The van der Waals surface area contributed by atoms with Gasteiger partial charge in [-0.15, -0.1) is 0 Å². The molecule has 1 aromatic rings. The third kappa shape index (κ3) is 3.30. The second-order valence-electron chi connectivity index (χ2n) is 3.77. The van der Waals surface area contributed by atoms with E-state index in [-0.39, 0.29) is 17.5 Å². The van der Waals surface area contributed by atoms with Gasteiger partial charge in [0.05, 0.1) is 26.2 Å². The summed E-state index contributed by atoms with van der Waals surface area (Å²) in [6.45, 7) is 3.90. The summed E-state index contributed by atoms with van der Waals surface area (Å²) in [5.74, 6) is 0.624. The number of hydrogen-bond acceptors (Lipinski definition) is 5. The Bertz CT molecular complexity index is 421. The van der Waals surface area contributed by atoms with Crippen molar-refractivity contribution in [3.63, 3.8) is 0 Å². The highest BCUT2D eigenvalue weighted by Crippen LogP contribution is 2.26. The fourth-order valence-electron chi connectivity index (χ4n) is 1.24. The molecule has 0 N–H and O–H groups in total. The van der Waals surface area contributed by atoms with Crippen molar-refractivity contribution in [2.45, 2.75) is 26.2 Å². The Morgan fingerprint density at radius 2 is 2.00 bits per heavy atom. The van der Waals surface area contributed by atoms with E-state index in [0.29, 0.717) is 17.3 Å². The van der Waals surface area contributed by atoms with E-state index in [1.165, 1.54) is 14.2 Å². The van der Waals surface area contributed by atoms with Crippen molar-refractivity contribution in [3.8, 4) is 5.88 Å². The van der Waals surface area contributed by atoms with Crippen LogP contribution in [0.2, 0.25) is 5.15 Å². The van der Waals surface area contributed by atoms with Crippen molar-refractivity contribution in [1.82, 2.24) is 9.97 Å². The zero-order chi connectivity index (χ0) is 13.0. The Labute approximate surface area is 105 Å². The van der Waals surface area contributed by atoms with Gasteiger partial charge in [0.2, 0.25) is 5.88 Å². The highest BCUT2D eigenvalue weighted by atomic mass is 35.5. The number of esters is 1. The number of aromatic nitrogens is 2. The molecule has 0 aliphatic heterocycles. The van der Waals surface area contributed by atoms with Gasteiger partial charge in [-0.3, -0.25) is 4.79 Å². The summed E-state index contributed by atoms with van der Waals surface area (Å²) in [5.41, 5.74) is 0.449. The third-order valence-corrected chi connectivity index (χ3v) is 2.51. The maximum absolute atomic E-state index is 11.2. The summed E-state index contributed by atoms with van der Waals surface area (Å²) in [7, 11) is 2.79. The molecule has 5 nitrogen and oxygen atoms in total. The Balaban J connectivity index is 3.16. The standard InChI is InChI=1S/C11H15ClN2O3/c1-6(2)10-13-9(12)7(5-8(15)16-3)11(14-10)17-4/h6H,5H2,1-4H3. The van der Waals surface area contributed by atoms with Crippen molar-refractivity contribution in [2.24, 2.45) is 0 Å². The number of nitrogens with zero attached hydrogens (tertiary/aromatic N) is 2. The van der Waals surface area contributed by atoms with Crippen LogP contribution in [-0.4, -0.2) is 30.2 Å². The van der Waals surface area contributed by atoms with Gasteiger partial charge in [0, 0.05) is 5.92 Å². The van der Waals surface area contributed by atoms with Crippen molar-refractivity contribution in [3.05, 3.63) is 16.5 Å². The maximum atomic E-state index is 11.2. The molecule has 0 saturated heterocycles. The van der Waals surface area contributed by atoms with Gasteiger partial charge < -0.3 is 9.47 Å². The van der Waals surface area contributed by atoms with Crippen molar-refractivity contribution in [1.29, 1.82) is 0 Å². The molecule has 0 fully saturated rings. The summed E-state index contributed by atoms with van der Waals surface area (Å²) < 4.78 is 9.70. The second-order valence-corrected chi connectivity index (χ2v) is 4.13. The lowest BCUT2D eigenvalue weighted by molar-refractivity contribution is -0.139. The fraction of sp³-hybridized carbons (Fsp3) is 0.545. The Morgan fingerprint density at radius 3 is 2.47 bits per heavy atom. The molecule has 0 radical (unpaired) electrons. The molecule has 6 heteroatoms. The highest BCUT2D eigenvalue weighted by Gasteiger charge is 2.18. The normalized spacial score (nSPS) is 10.5. The van der Waals surface area contributed by atoms with E-state index in [9.17, 15) is 4.79 Å². The number of methoxy groups -OCH3 is 2. The molecule has 1 heterocycles. The minimum absolute atomic E-state index is 0.00309. The van der Waals surface area contributed by atoms with E-state index < -0.39 is 5.97 Å². The quantitative estimate of drug-likeness (QED) is 0.610.